The van der Waals surface area contributed by atoms with Gasteiger partial charge < -0.3 is 19.7 Å². The van der Waals surface area contributed by atoms with Gasteiger partial charge in [0.05, 0.1) is 29.9 Å². The molecule has 6 aliphatic rings. The van der Waals surface area contributed by atoms with E-state index in [9.17, 15) is 15.0 Å². The van der Waals surface area contributed by atoms with E-state index in [2.05, 4.69) is 52.6 Å². The van der Waals surface area contributed by atoms with E-state index in [0.717, 1.165) is 63.5 Å². The minimum Gasteiger partial charge on any atom is -0.481 e. The Balaban J connectivity index is 1.24. The number of nitrogens with zero attached hydrogens (tertiary/aromatic N) is 1. The number of carboxylic acids is 1. The standard InChI is InChI=1S/C36H51NO5/c1-31(2)14-16-36(30(39)40)17-15-34(5)22(23(36)19-31)10-11-27-32(3)20-25(38)28-33(4,26(32)12-13-35(27,34)6)21-41-29(42-28)24-9-7-8-18-37-24/h7-10,18,23,25-29,38H,11-17,19-21H2,1-6H3,(H,39,40)/t23?,25-,26?,27?,28+,29?,32+,33+,34-,35-,36+/m1/s1. The van der Waals surface area contributed by atoms with Crippen LogP contribution in [0.4, 0.5) is 0 Å². The molecule has 11 atom stereocenters. The molecule has 2 N–H and O–H groups in total. The van der Waals surface area contributed by atoms with Crippen LogP contribution in [-0.2, 0) is 14.3 Å². The SMILES string of the molecule is CC1(C)CC[C@]2(C(=O)O)CC[C@]3(C)C(=CCC4[C@@]5(C)C[C@@H](O)[C@@H]6OC(c7ccccn7)OC[C@@]6(C)C5CC[C@]43C)C2C1. The molecule has 2 heterocycles. The third-order valence-corrected chi connectivity index (χ3v) is 14.5. The van der Waals surface area contributed by atoms with Crippen molar-refractivity contribution in [3.63, 3.8) is 0 Å². The number of hydrogen-bond acceptors (Lipinski definition) is 5. The third kappa shape index (κ3) is 3.67. The maximum absolute atomic E-state index is 12.9. The van der Waals surface area contributed by atoms with Crippen LogP contribution in [0.25, 0.3) is 0 Å². The first kappa shape index (κ1) is 29.0. The number of aliphatic hydroxyl groups is 1. The molecule has 5 aliphatic carbocycles. The summed E-state index contributed by atoms with van der Waals surface area (Å²) in [5.74, 6) is 0.315. The second kappa shape index (κ2) is 9.14. The topological polar surface area (TPSA) is 88.9 Å². The lowest BCUT2D eigenvalue weighted by Gasteiger charge is -2.72. The highest BCUT2D eigenvalue weighted by molar-refractivity contribution is 5.76. The molecule has 5 fully saturated rings. The number of pyridine rings is 1. The molecular weight excluding hydrogens is 526 g/mol. The number of aliphatic hydroxyl groups excluding tert-OH is 1. The molecule has 230 valence electrons. The molecule has 1 aromatic heterocycles. The fraction of sp³-hybridized carbons (Fsp3) is 0.778. The molecule has 0 aromatic carbocycles. The molecule has 0 amide bonds. The predicted molar refractivity (Wildman–Crippen MR) is 160 cm³/mol. The second-order valence-corrected chi connectivity index (χ2v) is 16.9. The number of aliphatic carboxylic acids is 1. The van der Waals surface area contributed by atoms with E-state index in [1.807, 2.05) is 18.2 Å². The van der Waals surface area contributed by atoms with Gasteiger partial charge in [0.25, 0.3) is 0 Å². The summed E-state index contributed by atoms with van der Waals surface area (Å²) in [6.07, 6.45) is 11.2. The molecule has 0 bridgehead atoms. The zero-order valence-electron chi connectivity index (χ0n) is 26.5. The Morgan fingerprint density at radius 3 is 2.43 bits per heavy atom. The fourth-order valence-electron chi connectivity index (χ4n) is 12.1. The van der Waals surface area contributed by atoms with Crippen LogP contribution >= 0.6 is 0 Å². The second-order valence-electron chi connectivity index (χ2n) is 16.9. The van der Waals surface area contributed by atoms with E-state index in [1.54, 1.807) is 6.20 Å². The minimum atomic E-state index is -0.617. The maximum Gasteiger partial charge on any atom is 0.310 e. The van der Waals surface area contributed by atoms with Crippen molar-refractivity contribution in [3.05, 3.63) is 41.7 Å². The van der Waals surface area contributed by atoms with Crippen molar-refractivity contribution >= 4 is 5.97 Å². The van der Waals surface area contributed by atoms with Crippen LogP contribution < -0.4 is 0 Å². The fourth-order valence-corrected chi connectivity index (χ4v) is 12.1. The summed E-state index contributed by atoms with van der Waals surface area (Å²) in [4.78, 5) is 17.4. The van der Waals surface area contributed by atoms with E-state index in [1.165, 1.54) is 5.57 Å². The quantitative estimate of drug-likeness (QED) is 0.358. The Hall–Kier alpha value is -1.76. The summed E-state index contributed by atoms with van der Waals surface area (Å²) >= 11 is 0. The van der Waals surface area contributed by atoms with Crippen molar-refractivity contribution in [1.82, 2.24) is 4.98 Å². The summed E-state index contributed by atoms with van der Waals surface area (Å²) in [6, 6.07) is 5.77. The number of allylic oxidation sites excluding steroid dienone is 2. The van der Waals surface area contributed by atoms with Gasteiger partial charge >= 0.3 is 5.97 Å². The summed E-state index contributed by atoms with van der Waals surface area (Å²) in [5, 5.41) is 22.5. The molecule has 1 saturated heterocycles. The molecule has 4 unspecified atom stereocenters. The maximum atomic E-state index is 12.9. The third-order valence-electron chi connectivity index (χ3n) is 14.5. The summed E-state index contributed by atoms with van der Waals surface area (Å²) in [5.41, 5.74) is 1.41. The van der Waals surface area contributed by atoms with Gasteiger partial charge in [0.1, 0.15) is 0 Å². The molecule has 42 heavy (non-hydrogen) atoms. The average Bonchev–Trinajstić information content (AvgIpc) is 2.93. The van der Waals surface area contributed by atoms with Crippen molar-refractivity contribution in [2.75, 3.05) is 6.61 Å². The van der Waals surface area contributed by atoms with Gasteiger partial charge in [-0.05, 0) is 109 Å². The van der Waals surface area contributed by atoms with Gasteiger partial charge in [-0.15, -0.1) is 0 Å². The van der Waals surface area contributed by atoms with Crippen LogP contribution in [0.3, 0.4) is 0 Å². The van der Waals surface area contributed by atoms with E-state index >= 15 is 0 Å². The largest absolute Gasteiger partial charge is 0.481 e. The van der Waals surface area contributed by atoms with Gasteiger partial charge in [-0.25, -0.2) is 0 Å². The molecular formula is C36H51NO5. The predicted octanol–water partition coefficient (Wildman–Crippen LogP) is 7.33. The monoisotopic (exact) mass is 577 g/mol. The van der Waals surface area contributed by atoms with Crippen molar-refractivity contribution in [2.24, 2.45) is 50.2 Å². The summed E-state index contributed by atoms with van der Waals surface area (Å²) in [6.45, 7) is 15.0. The number of carboxylic acid groups (broad SMARTS) is 1. The zero-order chi connectivity index (χ0) is 29.9. The van der Waals surface area contributed by atoms with Crippen LogP contribution in [0.2, 0.25) is 0 Å². The molecule has 7 rings (SSSR count). The van der Waals surface area contributed by atoms with E-state index in [-0.39, 0.29) is 39.1 Å². The lowest BCUT2D eigenvalue weighted by atomic mass is 9.33. The number of aromatic nitrogens is 1. The highest BCUT2D eigenvalue weighted by Gasteiger charge is 2.71. The highest BCUT2D eigenvalue weighted by Crippen LogP contribution is 2.76. The molecule has 0 spiro atoms. The Bertz CT molecular complexity index is 1290. The highest BCUT2D eigenvalue weighted by atomic mass is 16.7. The first-order chi connectivity index (χ1) is 19.7. The van der Waals surface area contributed by atoms with Crippen LogP contribution in [-0.4, -0.2) is 40.0 Å². The smallest absolute Gasteiger partial charge is 0.310 e. The Morgan fingerprint density at radius 2 is 1.71 bits per heavy atom. The molecule has 6 heteroatoms. The van der Waals surface area contributed by atoms with Crippen molar-refractivity contribution in [1.29, 1.82) is 0 Å². The van der Waals surface area contributed by atoms with Crippen LogP contribution in [0.15, 0.2) is 36.0 Å². The molecule has 6 nitrogen and oxygen atoms in total. The van der Waals surface area contributed by atoms with Gasteiger partial charge in [0, 0.05) is 11.6 Å². The zero-order valence-corrected chi connectivity index (χ0v) is 26.5. The first-order valence-electron chi connectivity index (χ1n) is 16.5. The lowest BCUT2D eigenvalue weighted by Crippen LogP contribution is -2.69. The van der Waals surface area contributed by atoms with Crippen molar-refractivity contribution in [2.45, 2.75) is 118 Å². The van der Waals surface area contributed by atoms with E-state index in [0.29, 0.717) is 18.4 Å². The van der Waals surface area contributed by atoms with E-state index in [4.69, 9.17) is 9.47 Å². The number of fused-ring (bicyclic) bond motifs is 9. The van der Waals surface area contributed by atoms with Crippen molar-refractivity contribution < 1.29 is 24.5 Å². The number of hydrogen-bond donors (Lipinski definition) is 2. The molecule has 1 aromatic rings. The Morgan fingerprint density at radius 1 is 0.952 bits per heavy atom. The van der Waals surface area contributed by atoms with E-state index < -0.39 is 23.8 Å². The Kier molecular flexibility index (Phi) is 6.31. The molecule has 1 aliphatic heterocycles. The minimum absolute atomic E-state index is 0.0344. The van der Waals surface area contributed by atoms with Gasteiger partial charge in [0.15, 0.2) is 0 Å². The van der Waals surface area contributed by atoms with Crippen LogP contribution in [0.1, 0.15) is 111 Å². The van der Waals surface area contributed by atoms with Crippen LogP contribution in [0, 0.1) is 50.2 Å². The normalized spacial score (nSPS) is 51.1. The van der Waals surface area contributed by atoms with Crippen molar-refractivity contribution in [3.8, 4) is 0 Å². The number of carbonyl (C=O) groups is 1. The lowest BCUT2D eigenvalue weighted by molar-refractivity contribution is -0.340. The molecule has 4 saturated carbocycles. The average molecular weight is 578 g/mol. The van der Waals surface area contributed by atoms with Gasteiger partial charge in [-0.2, -0.15) is 0 Å². The first-order valence-corrected chi connectivity index (χ1v) is 16.5. The summed E-state index contributed by atoms with van der Waals surface area (Å²) < 4.78 is 13.0. The number of ether oxygens (including phenoxy) is 2. The number of rotatable bonds is 2. The summed E-state index contributed by atoms with van der Waals surface area (Å²) in [7, 11) is 0. The van der Waals surface area contributed by atoms with Gasteiger partial charge in [-0.3, -0.25) is 9.78 Å². The van der Waals surface area contributed by atoms with Gasteiger partial charge in [-0.1, -0.05) is 59.3 Å². The molecule has 0 radical (unpaired) electrons. The Labute approximate surface area is 251 Å². The van der Waals surface area contributed by atoms with Gasteiger partial charge in [0.2, 0.25) is 6.29 Å². The van der Waals surface area contributed by atoms with Crippen LogP contribution in [0.5, 0.6) is 0 Å².